The van der Waals surface area contributed by atoms with Crippen molar-refractivity contribution >= 4 is 17.9 Å². The zero-order chi connectivity index (χ0) is 47.2. The first-order valence-electron chi connectivity index (χ1n) is 26.4. The zero-order valence-corrected chi connectivity index (χ0v) is 42.0. The Bertz CT molecular complexity index is 1360. The topological polar surface area (TPSA) is 78.9 Å². The van der Waals surface area contributed by atoms with Crippen LogP contribution in [-0.2, 0) is 28.6 Å². The Labute approximate surface area is 400 Å². The Balaban J connectivity index is 4.33. The monoisotopic (exact) mass is 901 g/mol. The second kappa shape index (κ2) is 52.7. The third kappa shape index (κ3) is 50.9. The number of carbonyl (C=O) groups excluding carboxylic acids is 3. The molecule has 0 radical (unpaired) electrons. The van der Waals surface area contributed by atoms with Gasteiger partial charge in [0.05, 0.1) is 0 Å². The van der Waals surface area contributed by atoms with Crippen molar-refractivity contribution in [2.75, 3.05) is 13.2 Å². The number of unbranched alkanes of at least 4 members (excludes halogenated alkanes) is 17. The fraction of sp³-hybridized carbons (Fsp3) is 0.644. The van der Waals surface area contributed by atoms with E-state index in [2.05, 4.69) is 130 Å². The molecule has 0 aliphatic rings. The summed E-state index contributed by atoms with van der Waals surface area (Å²) in [6, 6.07) is 0. The molecule has 65 heavy (non-hydrogen) atoms. The molecule has 0 spiro atoms. The maximum atomic E-state index is 12.8. The highest BCUT2D eigenvalue weighted by molar-refractivity contribution is 5.71. The third-order valence-electron chi connectivity index (χ3n) is 10.8. The van der Waals surface area contributed by atoms with Gasteiger partial charge in [0.15, 0.2) is 6.10 Å². The van der Waals surface area contributed by atoms with Crippen LogP contribution in [0.2, 0.25) is 0 Å². The molecule has 0 rings (SSSR count). The van der Waals surface area contributed by atoms with Gasteiger partial charge in [0.25, 0.3) is 0 Å². The van der Waals surface area contributed by atoms with E-state index in [1.165, 1.54) is 51.4 Å². The molecule has 1 atom stereocenters. The van der Waals surface area contributed by atoms with E-state index in [1.807, 2.05) is 0 Å². The Morgan fingerprint density at radius 1 is 0.323 bits per heavy atom. The van der Waals surface area contributed by atoms with Crippen LogP contribution >= 0.6 is 0 Å². The van der Waals surface area contributed by atoms with E-state index >= 15 is 0 Å². The highest BCUT2D eigenvalue weighted by Crippen LogP contribution is 2.13. The molecule has 0 aliphatic carbocycles. The van der Waals surface area contributed by atoms with Crippen LogP contribution in [0.3, 0.4) is 0 Å². The highest BCUT2D eigenvalue weighted by Gasteiger charge is 2.19. The van der Waals surface area contributed by atoms with Crippen LogP contribution in [0.15, 0.2) is 109 Å². The molecule has 0 aromatic heterocycles. The van der Waals surface area contributed by atoms with Gasteiger partial charge in [0.1, 0.15) is 13.2 Å². The van der Waals surface area contributed by atoms with Gasteiger partial charge in [-0.25, -0.2) is 0 Å². The van der Waals surface area contributed by atoms with E-state index in [0.717, 1.165) is 135 Å². The SMILES string of the molecule is CC/C=C\C/C=C\C/C=C\C/C=C\C/C=C\C/C=C\C/C=C\CCCCCC(=O)OCC(COC(=O)CCCCCCCCC)OC(=O)CCCCCCC/C=C\C/C=C\CCCCC. The van der Waals surface area contributed by atoms with Crippen molar-refractivity contribution in [2.24, 2.45) is 0 Å². The van der Waals surface area contributed by atoms with E-state index in [4.69, 9.17) is 14.2 Å². The van der Waals surface area contributed by atoms with Crippen molar-refractivity contribution in [3.05, 3.63) is 109 Å². The number of rotatable bonds is 46. The maximum absolute atomic E-state index is 12.8. The molecule has 6 heteroatoms. The molecule has 0 saturated carbocycles. The normalized spacial score (nSPS) is 13.0. The number of esters is 3. The average molecular weight is 901 g/mol. The third-order valence-corrected chi connectivity index (χ3v) is 10.8. The number of hydrogen-bond acceptors (Lipinski definition) is 6. The summed E-state index contributed by atoms with van der Waals surface area (Å²) in [5, 5.41) is 0. The number of allylic oxidation sites excluding steroid dienone is 18. The predicted octanol–water partition coefficient (Wildman–Crippen LogP) is 17.5. The van der Waals surface area contributed by atoms with Gasteiger partial charge in [-0.1, -0.05) is 207 Å². The van der Waals surface area contributed by atoms with Crippen LogP contribution in [-0.4, -0.2) is 37.2 Å². The minimum absolute atomic E-state index is 0.0958. The lowest BCUT2D eigenvalue weighted by Crippen LogP contribution is -2.30. The van der Waals surface area contributed by atoms with Gasteiger partial charge in [-0.2, -0.15) is 0 Å². The van der Waals surface area contributed by atoms with Crippen molar-refractivity contribution in [1.29, 1.82) is 0 Å². The maximum Gasteiger partial charge on any atom is 0.306 e. The van der Waals surface area contributed by atoms with Gasteiger partial charge < -0.3 is 14.2 Å². The predicted molar refractivity (Wildman–Crippen MR) is 279 cm³/mol. The van der Waals surface area contributed by atoms with Gasteiger partial charge in [-0.05, 0) is 109 Å². The van der Waals surface area contributed by atoms with E-state index in [9.17, 15) is 14.4 Å². The molecule has 0 aromatic carbocycles. The first kappa shape index (κ1) is 61.1. The summed E-state index contributed by atoms with van der Waals surface area (Å²) in [5.74, 6) is -0.956. The molecule has 6 nitrogen and oxygen atoms in total. The van der Waals surface area contributed by atoms with E-state index in [0.29, 0.717) is 19.3 Å². The van der Waals surface area contributed by atoms with Gasteiger partial charge in [-0.3, -0.25) is 14.4 Å². The van der Waals surface area contributed by atoms with Crippen LogP contribution in [0, 0.1) is 0 Å². The van der Waals surface area contributed by atoms with Crippen molar-refractivity contribution in [3.63, 3.8) is 0 Å². The molecule has 0 fully saturated rings. The van der Waals surface area contributed by atoms with Crippen molar-refractivity contribution in [2.45, 2.75) is 232 Å². The van der Waals surface area contributed by atoms with Crippen molar-refractivity contribution in [3.8, 4) is 0 Å². The average Bonchev–Trinajstić information content (AvgIpc) is 3.30. The van der Waals surface area contributed by atoms with E-state index in [-0.39, 0.29) is 31.1 Å². The Hall–Kier alpha value is -3.93. The Morgan fingerprint density at radius 2 is 0.600 bits per heavy atom. The second-order valence-electron chi connectivity index (χ2n) is 17.1. The molecule has 0 heterocycles. The Kier molecular flexibility index (Phi) is 49.5. The molecule has 0 aromatic rings. The largest absolute Gasteiger partial charge is 0.462 e. The summed E-state index contributed by atoms with van der Waals surface area (Å²) in [7, 11) is 0. The van der Waals surface area contributed by atoms with Gasteiger partial charge in [0, 0.05) is 19.3 Å². The van der Waals surface area contributed by atoms with Crippen LogP contribution < -0.4 is 0 Å². The van der Waals surface area contributed by atoms with E-state index < -0.39 is 6.10 Å². The highest BCUT2D eigenvalue weighted by atomic mass is 16.6. The minimum Gasteiger partial charge on any atom is -0.462 e. The minimum atomic E-state index is -0.797. The number of ether oxygens (including phenoxy) is 3. The lowest BCUT2D eigenvalue weighted by molar-refractivity contribution is -0.167. The number of carbonyl (C=O) groups is 3. The molecule has 0 aliphatic heterocycles. The Morgan fingerprint density at radius 3 is 0.985 bits per heavy atom. The smallest absolute Gasteiger partial charge is 0.306 e. The van der Waals surface area contributed by atoms with Crippen molar-refractivity contribution in [1.82, 2.24) is 0 Å². The lowest BCUT2D eigenvalue weighted by atomic mass is 10.1. The van der Waals surface area contributed by atoms with Gasteiger partial charge >= 0.3 is 17.9 Å². The van der Waals surface area contributed by atoms with Gasteiger partial charge in [0.2, 0.25) is 0 Å². The fourth-order valence-electron chi connectivity index (χ4n) is 6.80. The molecule has 0 N–H and O–H groups in total. The summed E-state index contributed by atoms with van der Waals surface area (Å²) in [4.78, 5) is 37.8. The molecule has 0 amide bonds. The molecule has 0 bridgehead atoms. The summed E-state index contributed by atoms with van der Waals surface area (Å²) < 4.78 is 16.7. The molecule has 0 saturated heterocycles. The van der Waals surface area contributed by atoms with Crippen LogP contribution in [0.5, 0.6) is 0 Å². The quantitative estimate of drug-likeness (QED) is 0.0262. The summed E-state index contributed by atoms with van der Waals surface area (Å²) >= 11 is 0. The summed E-state index contributed by atoms with van der Waals surface area (Å²) in [6.07, 6.45) is 70.9. The second-order valence-corrected chi connectivity index (χ2v) is 17.1. The summed E-state index contributed by atoms with van der Waals surface area (Å²) in [6.45, 7) is 6.40. The molecule has 1 unspecified atom stereocenters. The van der Waals surface area contributed by atoms with Crippen LogP contribution in [0.25, 0.3) is 0 Å². The number of hydrogen-bond donors (Lipinski definition) is 0. The first-order chi connectivity index (χ1) is 32.0. The molecule has 368 valence electrons. The zero-order valence-electron chi connectivity index (χ0n) is 42.0. The van der Waals surface area contributed by atoms with Crippen LogP contribution in [0.1, 0.15) is 226 Å². The van der Waals surface area contributed by atoms with Gasteiger partial charge in [-0.15, -0.1) is 0 Å². The first-order valence-corrected chi connectivity index (χ1v) is 26.4. The van der Waals surface area contributed by atoms with Crippen LogP contribution in [0.4, 0.5) is 0 Å². The fourth-order valence-corrected chi connectivity index (χ4v) is 6.80. The molecular weight excluding hydrogens is 805 g/mol. The van der Waals surface area contributed by atoms with E-state index in [1.54, 1.807) is 0 Å². The van der Waals surface area contributed by atoms with Crippen molar-refractivity contribution < 1.29 is 28.6 Å². The lowest BCUT2D eigenvalue weighted by Gasteiger charge is -2.18. The molecular formula is C59H96O6. The summed E-state index contributed by atoms with van der Waals surface area (Å²) in [5.41, 5.74) is 0. The standard InChI is InChI=1S/C59H96O6/c1-4-7-10-13-16-18-20-22-24-25-26-27-28-29-30-31-32-33-35-36-38-40-43-46-49-52-58(61)64-55-56(54-63-57(60)51-48-45-42-15-12-9-6-3)65-59(62)53-50-47-44-41-39-37-34-23-21-19-17-14-11-8-5-2/h7,10,16-19,22-24,26-27,29-30,32-34,36,38,56H,4-6,8-9,11-15,20-21,25,28,31,35,37,39-55H2,1-3H3/b10-7-,18-16-,19-17-,24-22-,27-26-,30-29-,33-32-,34-23-,38-36-.